The van der Waals surface area contributed by atoms with Gasteiger partial charge in [0.15, 0.2) is 15.9 Å². The molecule has 1 aromatic carbocycles. The molecule has 1 amide bonds. The summed E-state index contributed by atoms with van der Waals surface area (Å²) < 4.78 is 29.1. The van der Waals surface area contributed by atoms with Crippen molar-refractivity contribution in [3.63, 3.8) is 0 Å². The minimum atomic E-state index is -3.00. The van der Waals surface area contributed by atoms with E-state index in [1.807, 2.05) is 19.1 Å². The van der Waals surface area contributed by atoms with Crippen LogP contribution in [0.5, 0.6) is 5.75 Å². The summed E-state index contributed by atoms with van der Waals surface area (Å²) in [5.74, 6) is 0.433. The lowest BCUT2D eigenvalue weighted by molar-refractivity contribution is -0.127. The van der Waals surface area contributed by atoms with Crippen molar-refractivity contribution in [2.24, 2.45) is 0 Å². The Hall–Kier alpha value is -1.08. The van der Waals surface area contributed by atoms with E-state index < -0.39 is 15.9 Å². The average Bonchev–Trinajstić information content (AvgIpc) is 2.72. The van der Waals surface area contributed by atoms with E-state index in [4.69, 9.17) is 4.74 Å². The normalized spacial score (nSPS) is 21.8. The molecule has 1 aliphatic rings. The third-order valence-corrected chi connectivity index (χ3v) is 5.73. The van der Waals surface area contributed by atoms with Crippen LogP contribution in [0.2, 0.25) is 0 Å². The highest BCUT2D eigenvalue weighted by Crippen LogP contribution is 2.26. The Labute approximate surface area is 133 Å². The predicted octanol–water partition coefficient (Wildman–Crippen LogP) is 1.83. The van der Waals surface area contributed by atoms with E-state index in [-0.39, 0.29) is 23.5 Å². The van der Waals surface area contributed by atoms with Gasteiger partial charge in [0.1, 0.15) is 5.75 Å². The zero-order valence-electron chi connectivity index (χ0n) is 11.9. The first kappa shape index (κ1) is 16.3. The topological polar surface area (TPSA) is 72.5 Å². The monoisotopic (exact) mass is 375 g/mol. The van der Waals surface area contributed by atoms with Crippen LogP contribution in [0.15, 0.2) is 22.7 Å². The van der Waals surface area contributed by atoms with Crippen LogP contribution in [-0.4, -0.2) is 38.0 Å². The number of halogens is 1. The number of nitrogens with one attached hydrogen (secondary N) is 1. The fourth-order valence-electron chi connectivity index (χ4n) is 2.17. The maximum atomic E-state index is 12.0. The second-order valence-electron chi connectivity index (χ2n) is 5.30. The zero-order valence-corrected chi connectivity index (χ0v) is 14.3. The summed E-state index contributed by atoms with van der Waals surface area (Å²) in [7, 11) is -3.00. The number of aryl methyl sites for hydroxylation is 1. The molecule has 116 valence electrons. The number of amides is 1. The van der Waals surface area contributed by atoms with E-state index in [0.29, 0.717) is 12.2 Å². The minimum absolute atomic E-state index is 0.0136. The van der Waals surface area contributed by atoms with E-state index >= 15 is 0 Å². The first-order valence-corrected chi connectivity index (χ1v) is 9.32. The van der Waals surface area contributed by atoms with Crippen LogP contribution in [0.3, 0.4) is 0 Å². The summed E-state index contributed by atoms with van der Waals surface area (Å²) in [4.78, 5) is 12.0. The molecule has 2 rings (SSSR count). The molecule has 7 heteroatoms. The standard InChI is InChI=1S/C14H18BrNO4S/c1-9-3-4-13(12(15)7-9)20-10(2)14(17)16-11-5-6-21(18,19)8-11/h3-4,7,10-11H,5-6,8H2,1-2H3,(H,16,17)/t10-,11-/m1/s1. The van der Waals surface area contributed by atoms with E-state index in [1.54, 1.807) is 13.0 Å². The molecule has 1 N–H and O–H groups in total. The van der Waals surface area contributed by atoms with Gasteiger partial charge in [-0.3, -0.25) is 4.79 Å². The van der Waals surface area contributed by atoms with Gasteiger partial charge in [-0.1, -0.05) is 6.07 Å². The van der Waals surface area contributed by atoms with Crippen molar-refractivity contribution >= 4 is 31.7 Å². The SMILES string of the molecule is Cc1ccc(O[C@H](C)C(=O)N[C@@H]2CCS(=O)(=O)C2)c(Br)c1. The third kappa shape index (κ3) is 4.44. The largest absolute Gasteiger partial charge is 0.480 e. The van der Waals surface area contributed by atoms with Gasteiger partial charge in [-0.05, 0) is 53.9 Å². The van der Waals surface area contributed by atoms with Crippen LogP contribution >= 0.6 is 15.9 Å². The summed E-state index contributed by atoms with van der Waals surface area (Å²) in [6.07, 6.45) is -0.220. The highest BCUT2D eigenvalue weighted by Gasteiger charge is 2.30. The van der Waals surface area contributed by atoms with Crippen LogP contribution in [0.25, 0.3) is 0 Å². The second-order valence-corrected chi connectivity index (χ2v) is 8.39. The van der Waals surface area contributed by atoms with Crippen molar-refractivity contribution in [1.82, 2.24) is 5.32 Å². The highest BCUT2D eigenvalue weighted by atomic mass is 79.9. The number of carbonyl (C=O) groups is 1. The number of hydrogen-bond donors (Lipinski definition) is 1. The Bertz CT molecular complexity index is 644. The summed E-state index contributed by atoms with van der Waals surface area (Å²) in [5.41, 5.74) is 1.09. The number of benzene rings is 1. The summed E-state index contributed by atoms with van der Waals surface area (Å²) in [6, 6.07) is 5.29. The second kappa shape index (κ2) is 6.36. The molecule has 1 aromatic rings. The highest BCUT2D eigenvalue weighted by molar-refractivity contribution is 9.10. The first-order valence-electron chi connectivity index (χ1n) is 6.70. The maximum absolute atomic E-state index is 12.0. The molecule has 1 heterocycles. The Balaban J connectivity index is 1.94. The van der Waals surface area contributed by atoms with Gasteiger partial charge in [0.2, 0.25) is 0 Å². The lowest BCUT2D eigenvalue weighted by Gasteiger charge is -2.18. The van der Waals surface area contributed by atoms with Crippen molar-refractivity contribution in [3.8, 4) is 5.75 Å². The number of rotatable bonds is 4. The smallest absolute Gasteiger partial charge is 0.261 e. The van der Waals surface area contributed by atoms with Crippen LogP contribution in [0.1, 0.15) is 18.9 Å². The van der Waals surface area contributed by atoms with E-state index in [0.717, 1.165) is 10.0 Å². The number of hydrogen-bond acceptors (Lipinski definition) is 4. The molecule has 0 unspecified atom stereocenters. The van der Waals surface area contributed by atoms with Crippen molar-refractivity contribution in [1.29, 1.82) is 0 Å². The fourth-order valence-corrected chi connectivity index (χ4v) is 4.43. The molecule has 1 aliphatic heterocycles. The average molecular weight is 376 g/mol. The molecule has 1 saturated heterocycles. The van der Waals surface area contributed by atoms with E-state index in [9.17, 15) is 13.2 Å². The molecule has 0 spiro atoms. The minimum Gasteiger partial charge on any atom is -0.480 e. The summed E-state index contributed by atoms with van der Waals surface area (Å²) in [5, 5.41) is 2.73. The van der Waals surface area contributed by atoms with Crippen molar-refractivity contribution in [3.05, 3.63) is 28.2 Å². The van der Waals surface area contributed by atoms with Crippen LogP contribution in [-0.2, 0) is 14.6 Å². The molecule has 2 atom stereocenters. The molecule has 0 radical (unpaired) electrons. The summed E-state index contributed by atoms with van der Waals surface area (Å²) >= 11 is 3.39. The Morgan fingerprint density at radius 1 is 1.48 bits per heavy atom. The van der Waals surface area contributed by atoms with Gasteiger partial charge < -0.3 is 10.1 Å². The molecule has 0 aromatic heterocycles. The van der Waals surface area contributed by atoms with Gasteiger partial charge >= 0.3 is 0 Å². The fraction of sp³-hybridized carbons (Fsp3) is 0.500. The number of ether oxygens (including phenoxy) is 1. The van der Waals surface area contributed by atoms with E-state index in [2.05, 4.69) is 21.2 Å². The molecule has 5 nitrogen and oxygen atoms in total. The number of sulfone groups is 1. The lowest BCUT2D eigenvalue weighted by Crippen LogP contribution is -2.43. The van der Waals surface area contributed by atoms with Gasteiger partial charge in [0, 0.05) is 6.04 Å². The van der Waals surface area contributed by atoms with Crippen LogP contribution in [0.4, 0.5) is 0 Å². The number of carbonyl (C=O) groups excluding carboxylic acids is 1. The lowest BCUT2D eigenvalue weighted by atomic mass is 10.2. The zero-order chi connectivity index (χ0) is 15.6. The Morgan fingerprint density at radius 2 is 2.19 bits per heavy atom. The molecule has 0 aliphatic carbocycles. The van der Waals surface area contributed by atoms with Gasteiger partial charge in [0.05, 0.1) is 16.0 Å². The molecule has 21 heavy (non-hydrogen) atoms. The predicted molar refractivity (Wildman–Crippen MR) is 84.2 cm³/mol. The third-order valence-electron chi connectivity index (χ3n) is 3.34. The Morgan fingerprint density at radius 3 is 2.76 bits per heavy atom. The van der Waals surface area contributed by atoms with Crippen LogP contribution in [0, 0.1) is 6.92 Å². The molecule has 0 saturated carbocycles. The summed E-state index contributed by atoms with van der Waals surface area (Å²) in [6.45, 7) is 3.61. The van der Waals surface area contributed by atoms with E-state index in [1.165, 1.54) is 0 Å². The maximum Gasteiger partial charge on any atom is 0.261 e. The molecular formula is C14H18BrNO4S. The van der Waals surface area contributed by atoms with Crippen molar-refractivity contribution < 1.29 is 17.9 Å². The van der Waals surface area contributed by atoms with Gasteiger partial charge in [0.25, 0.3) is 5.91 Å². The molecule has 0 bridgehead atoms. The first-order chi connectivity index (χ1) is 9.77. The quantitative estimate of drug-likeness (QED) is 0.870. The van der Waals surface area contributed by atoms with Gasteiger partial charge in [-0.25, -0.2) is 8.42 Å². The van der Waals surface area contributed by atoms with Crippen LogP contribution < -0.4 is 10.1 Å². The van der Waals surface area contributed by atoms with Crippen molar-refractivity contribution in [2.75, 3.05) is 11.5 Å². The van der Waals surface area contributed by atoms with Gasteiger partial charge in [-0.2, -0.15) is 0 Å². The molecule has 1 fully saturated rings. The van der Waals surface area contributed by atoms with Gasteiger partial charge in [-0.15, -0.1) is 0 Å². The van der Waals surface area contributed by atoms with Crippen molar-refractivity contribution in [2.45, 2.75) is 32.4 Å². The Kier molecular flexibility index (Phi) is 4.93. The molecular weight excluding hydrogens is 358 g/mol.